The Morgan fingerprint density at radius 1 is 0.447 bits per heavy atom. The Bertz CT molecular complexity index is 1210. The number of aryl methyl sites for hydroxylation is 2. The maximum absolute atomic E-state index is 13.5. The van der Waals surface area contributed by atoms with Crippen LogP contribution in [0.25, 0.3) is 0 Å². The van der Waals surface area contributed by atoms with Gasteiger partial charge in [-0.3, -0.25) is 0 Å². The minimum absolute atomic E-state index is 0.0949. The lowest BCUT2D eigenvalue weighted by molar-refractivity contribution is 0.474. The smallest absolute Gasteiger partial charge is 0.132 e. The van der Waals surface area contributed by atoms with Gasteiger partial charge in [0.25, 0.3) is 0 Å². The molecule has 3 aromatic rings. The Kier molecular flexibility index (Phi) is 10.9. The molecule has 0 aliphatic rings. The van der Waals surface area contributed by atoms with Crippen LogP contribution >= 0.6 is 0 Å². The lowest BCUT2D eigenvalue weighted by Gasteiger charge is -2.20. The molecule has 0 bridgehead atoms. The largest absolute Gasteiger partial charge is 0.207 e. The first-order chi connectivity index (χ1) is 17.1. The van der Waals surface area contributed by atoms with Crippen molar-refractivity contribution in [1.29, 1.82) is 0 Å². The van der Waals surface area contributed by atoms with Crippen LogP contribution in [0.5, 0.6) is 0 Å². The minimum Gasteiger partial charge on any atom is -0.207 e. The van der Waals surface area contributed by atoms with E-state index in [9.17, 15) is 22.0 Å². The van der Waals surface area contributed by atoms with E-state index in [-0.39, 0.29) is 27.8 Å². The molecule has 0 nitrogen and oxygen atoms in total. The summed E-state index contributed by atoms with van der Waals surface area (Å²) >= 11 is 0. The number of rotatable bonds is 0. The van der Waals surface area contributed by atoms with E-state index < -0.39 is 28.7 Å². The molecule has 3 rings (SSSR count). The van der Waals surface area contributed by atoms with Crippen LogP contribution in [0.15, 0.2) is 42.5 Å². The van der Waals surface area contributed by atoms with Gasteiger partial charge < -0.3 is 0 Å². The summed E-state index contributed by atoms with van der Waals surface area (Å²) in [5, 5.41) is 0. The Morgan fingerprint density at radius 2 is 0.868 bits per heavy atom. The fourth-order valence-electron chi connectivity index (χ4n) is 3.89. The second kappa shape index (κ2) is 12.4. The van der Waals surface area contributed by atoms with Gasteiger partial charge in [-0.1, -0.05) is 80.5 Å². The molecule has 0 aliphatic heterocycles. The number of hydrogen-bond donors (Lipinski definition) is 0. The van der Waals surface area contributed by atoms with Crippen molar-refractivity contribution in [2.24, 2.45) is 0 Å². The minimum atomic E-state index is -0.484. The van der Waals surface area contributed by atoms with Gasteiger partial charge in [-0.2, -0.15) is 0 Å². The molecule has 0 saturated carbocycles. The summed E-state index contributed by atoms with van der Waals surface area (Å²) in [5.74, 6) is -1.91. The highest BCUT2D eigenvalue weighted by atomic mass is 19.1. The van der Waals surface area contributed by atoms with Crippen molar-refractivity contribution in [3.05, 3.63) is 105 Å². The monoisotopic (exact) mass is 534 g/mol. The van der Waals surface area contributed by atoms with Crippen LogP contribution in [0.3, 0.4) is 0 Å². The van der Waals surface area contributed by atoms with Gasteiger partial charge in [-0.15, -0.1) is 0 Å². The number of halogens is 5. The van der Waals surface area contributed by atoms with Crippen molar-refractivity contribution in [2.45, 2.75) is 99.3 Å². The van der Waals surface area contributed by atoms with E-state index >= 15 is 0 Å². The predicted molar refractivity (Wildman–Crippen MR) is 149 cm³/mol. The van der Waals surface area contributed by atoms with Crippen LogP contribution in [-0.2, 0) is 16.2 Å². The molecule has 0 spiro atoms. The standard InChI is InChI=1S/2C11H14F2.C11H15F/c1-7-5-8(12)10(9(13)6-7)11(2,3)4;1-7-9(12)6-5-8(10(7)13)11(2,3)4;1-8-5-6-9(10(12)7-8)11(2,3)4/h2*5-6H,1-4H3;5-7H,1-4H3. The summed E-state index contributed by atoms with van der Waals surface area (Å²) in [5.41, 5.74) is 2.34. The molecule has 0 amide bonds. The summed E-state index contributed by atoms with van der Waals surface area (Å²) in [4.78, 5) is 0. The zero-order chi connectivity index (χ0) is 29.8. The second-order valence-electron chi connectivity index (χ2n) is 12.9. The van der Waals surface area contributed by atoms with Gasteiger partial charge >= 0.3 is 0 Å². The van der Waals surface area contributed by atoms with Crippen LogP contribution < -0.4 is 0 Å². The van der Waals surface area contributed by atoms with Crippen LogP contribution in [-0.4, -0.2) is 0 Å². The van der Waals surface area contributed by atoms with Crippen LogP contribution in [0, 0.1) is 49.9 Å². The third kappa shape index (κ3) is 9.25. The number of benzene rings is 3. The molecule has 3 aromatic carbocycles. The molecule has 0 N–H and O–H groups in total. The van der Waals surface area contributed by atoms with E-state index in [1.54, 1.807) is 33.8 Å². The first-order valence-corrected chi connectivity index (χ1v) is 12.7. The van der Waals surface area contributed by atoms with Crippen molar-refractivity contribution >= 4 is 0 Å². The van der Waals surface area contributed by atoms with E-state index in [4.69, 9.17) is 0 Å². The van der Waals surface area contributed by atoms with Gasteiger partial charge in [0.05, 0.1) is 0 Å². The third-order valence-electron chi connectivity index (χ3n) is 6.00. The summed E-state index contributed by atoms with van der Waals surface area (Å²) in [6, 6.07) is 11.0. The van der Waals surface area contributed by atoms with E-state index in [1.165, 1.54) is 31.2 Å². The third-order valence-corrected chi connectivity index (χ3v) is 6.00. The van der Waals surface area contributed by atoms with Gasteiger partial charge in [0.1, 0.15) is 29.1 Å². The fourth-order valence-corrected chi connectivity index (χ4v) is 3.89. The Balaban J connectivity index is 0.000000285. The molecule has 0 radical (unpaired) electrons. The molecule has 0 aromatic heterocycles. The molecule has 0 saturated heterocycles. The highest BCUT2D eigenvalue weighted by Crippen LogP contribution is 2.29. The van der Waals surface area contributed by atoms with E-state index in [1.807, 2.05) is 60.6 Å². The lowest BCUT2D eigenvalue weighted by Crippen LogP contribution is -2.16. The molecule has 0 unspecified atom stereocenters. The molecule has 0 aliphatic carbocycles. The maximum Gasteiger partial charge on any atom is 0.132 e. The molecular formula is C33H43F5. The van der Waals surface area contributed by atoms with Crippen molar-refractivity contribution in [1.82, 2.24) is 0 Å². The van der Waals surface area contributed by atoms with Crippen molar-refractivity contribution in [3.63, 3.8) is 0 Å². The van der Waals surface area contributed by atoms with Gasteiger partial charge in [-0.25, -0.2) is 22.0 Å². The van der Waals surface area contributed by atoms with Crippen LogP contribution in [0.1, 0.15) is 95.7 Å². The molecular weight excluding hydrogens is 491 g/mol. The average Bonchev–Trinajstić information content (AvgIpc) is 2.69. The summed E-state index contributed by atoms with van der Waals surface area (Å²) in [6.07, 6.45) is 0. The Hall–Kier alpha value is -2.69. The highest BCUT2D eigenvalue weighted by molar-refractivity contribution is 5.32. The number of hydrogen-bond acceptors (Lipinski definition) is 0. The zero-order valence-electron chi connectivity index (χ0n) is 24.9. The molecule has 0 atom stereocenters. The highest BCUT2D eigenvalue weighted by Gasteiger charge is 2.23. The first kappa shape index (κ1) is 33.3. The normalized spacial score (nSPS) is 11.8. The quantitative estimate of drug-likeness (QED) is 0.252. The van der Waals surface area contributed by atoms with E-state index in [2.05, 4.69) is 0 Å². The fraction of sp³-hybridized carbons (Fsp3) is 0.455. The van der Waals surface area contributed by atoms with Crippen LogP contribution in [0.4, 0.5) is 22.0 Å². The van der Waals surface area contributed by atoms with Gasteiger partial charge in [0.15, 0.2) is 0 Å². The van der Waals surface area contributed by atoms with Crippen molar-refractivity contribution < 1.29 is 22.0 Å². The van der Waals surface area contributed by atoms with Gasteiger partial charge in [0.2, 0.25) is 0 Å². The van der Waals surface area contributed by atoms with Crippen molar-refractivity contribution in [3.8, 4) is 0 Å². The molecule has 0 fully saturated rings. The maximum atomic E-state index is 13.5. The summed E-state index contributed by atoms with van der Waals surface area (Å²) in [7, 11) is 0. The average molecular weight is 535 g/mol. The van der Waals surface area contributed by atoms with E-state index in [0.717, 1.165) is 11.1 Å². The topological polar surface area (TPSA) is 0 Å². The summed E-state index contributed by atoms with van der Waals surface area (Å²) < 4.78 is 66.5. The molecule has 0 heterocycles. The van der Waals surface area contributed by atoms with Crippen molar-refractivity contribution in [2.75, 3.05) is 0 Å². The Labute approximate surface area is 226 Å². The SMILES string of the molecule is Cc1c(F)ccc(C(C)(C)C)c1F.Cc1cc(F)c(C(C)(C)C)c(F)c1.Cc1ccc(C(C)(C)C)c(F)c1. The van der Waals surface area contributed by atoms with E-state index in [0.29, 0.717) is 11.1 Å². The predicted octanol–water partition coefficient (Wildman–Crippen LogP) is 10.6. The zero-order valence-corrected chi connectivity index (χ0v) is 24.9. The van der Waals surface area contributed by atoms with Gasteiger partial charge in [-0.05, 0) is 83.5 Å². The molecule has 5 heteroatoms. The summed E-state index contributed by atoms with van der Waals surface area (Å²) in [6.45, 7) is 22.2. The molecule has 210 valence electrons. The second-order valence-corrected chi connectivity index (χ2v) is 12.9. The molecule has 38 heavy (non-hydrogen) atoms. The van der Waals surface area contributed by atoms with Crippen LogP contribution in [0.2, 0.25) is 0 Å². The first-order valence-electron chi connectivity index (χ1n) is 12.7. The lowest BCUT2D eigenvalue weighted by atomic mass is 9.85. The van der Waals surface area contributed by atoms with Gasteiger partial charge in [0, 0.05) is 11.1 Å². The Morgan fingerprint density at radius 3 is 1.26 bits per heavy atom.